The molecule has 1 aliphatic heterocycles. The molecule has 2 aromatic carbocycles. The Hall–Kier alpha value is -1.87. The number of ether oxygens (including phenoxy) is 1. The van der Waals surface area contributed by atoms with Gasteiger partial charge in [0.15, 0.2) is 8.07 Å². The van der Waals surface area contributed by atoms with Crippen molar-refractivity contribution in [1.29, 1.82) is 0 Å². The third-order valence-electron chi connectivity index (χ3n) is 5.01. The van der Waals surface area contributed by atoms with E-state index in [-0.39, 0.29) is 16.7 Å². The highest BCUT2D eigenvalue weighted by Crippen LogP contribution is 2.41. The summed E-state index contributed by atoms with van der Waals surface area (Å²) < 4.78 is 5.88. The first-order valence-electron chi connectivity index (χ1n) is 8.27. The zero-order valence-corrected chi connectivity index (χ0v) is 15.1. The summed E-state index contributed by atoms with van der Waals surface area (Å²) in [6, 6.07) is 21.4. The molecule has 0 saturated carbocycles. The van der Waals surface area contributed by atoms with Gasteiger partial charge in [-0.25, -0.2) is 0 Å². The van der Waals surface area contributed by atoms with Gasteiger partial charge < -0.3 is 4.74 Å². The smallest absolute Gasteiger partial charge is 0.305 e. The van der Waals surface area contributed by atoms with E-state index in [0.717, 1.165) is 6.42 Å². The van der Waals surface area contributed by atoms with Gasteiger partial charge in [0.25, 0.3) is 0 Å². The summed E-state index contributed by atoms with van der Waals surface area (Å²) in [5.74, 6) is -0.0528. The maximum atomic E-state index is 11.9. The first-order chi connectivity index (χ1) is 11.0. The summed E-state index contributed by atoms with van der Waals surface area (Å²) >= 11 is 0. The second kappa shape index (κ2) is 5.97. The zero-order chi connectivity index (χ0) is 16.5. The molecule has 0 bridgehead atoms. The average Bonchev–Trinajstić information content (AvgIpc) is 2.95. The van der Waals surface area contributed by atoms with E-state index in [2.05, 4.69) is 81.4 Å². The van der Waals surface area contributed by atoms with Gasteiger partial charge in [-0.15, -0.1) is 0 Å². The fourth-order valence-corrected chi connectivity index (χ4v) is 10.2. The van der Waals surface area contributed by atoms with Crippen LogP contribution in [0.1, 0.15) is 33.6 Å². The molecule has 3 heteroatoms. The van der Waals surface area contributed by atoms with Crippen LogP contribution in [-0.4, -0.2) is 19.8 Å². The van der Waals surface area contributed by atoms with Crippen molar-refractivity contribution in [2.45, 2.75) is 44.4 Å². The number of hydrogen-bond acceptors (Lipinski definition) is 2. The summed E-state index contributed by atoms with van der Waals surface area (Å²) in [6.07, 6.45) is 1.36. The van der Waals surface area contributed by atoms with Crippen LogP contribution in [0.2, 0.25) is 5.04 Å². The molecule has 1 fully saturated rings. The Bertz CT molecular complexity index is 634. The second-order valence-corrected chi connectivity index (χ2v) is 12.2. The minimum absolute atomic E-state index is 0.000185. The largest absolute Gasteiger partial charge is 0.465 e. The zero-order valence-electron chi connectivity index (χ0n) is 14.1. The van der Waals surface area contributed by atoms with Crippen LogP contribution < -0.4 is 10.4 Å². The fraction of sp³-hybridized carbons (Fsp3) is 0.350. The number of carbonyl (C=O) groups excluding carboxylic acids is 1. The Labute approximate surface area is 139 Å². The third-order valence-corrected chi connectivity index (χ3v) is 11.2. The predicted molar refractivity (Wildman–Crippen MR) is 96.7 cm³/mol. The van der Waals surface area contributed by atoms with Gasteiger partial charge in [0.2, 0.25) is 0 Å². The maximum Gasteiger partial charge on any atom is 0.305 e. The minimum atomic E-state index is -2.30. The van der Waals surface area contributed by atoms with Gasteiger partial charge >= 0.3 is 5.97 Å². The lowest BCUT2D eigenvalue weighted by Crippen LogP contribution is -2.71. The number of rotatable bonds is 3. The number of cyclic esters (lactones) is 1. The Morgan fingerprint density at radius 3 is 1.74 bits per heavy atom. The van der Waals surface area contributed by atoms with Crippen LogP contribution in [0.15, 0.2) is 60.7 Å². The molecule has 1 saturated heterocycles. The van der Waals surface area contributed by atoms with Crippen molar-refractivity contribution in [1.82, 2.24) is 0 Å². The van der Waals surface area contributed by atoms with Crippen LogP contribution in [0, 0.1) is 0 Å². The summed E-state index contributed by atoms with van der Waals surface area (Å²) in [5, 5.41) is 2.72. The van der Waals surface area contributed by atoms with Crippen LogP contribution in [0.4, 0.5) is 0 Å². The maximum absolute atomic E-state index is 11.9. The molecule has 1 heterocycles. The lowest BCUT2D eigenvalue weighted by atomic mass is 10.2. The molecule has 2 nitrogen and oxygen atoms in total. The van der Waals surface area contributed by atoms with E-state index < -0.39 is 8.07 Å². The van der Waals surface area contributed by atoms with Gasteiger partial charge in [-0.2, -0.15) is 0 Å². The van der Waals surface area contributed by atoms with Crippen LogP contribution in [0.3, 0.4) is 0 Å². The van der Waals surface area contributed by atoms with E-state index in [0.29, 0.717) is 6.42 Å². The van der Waals surface area contributed by atoms with Crippen LogP contribution >= 0.6 is 0 Å². The summed E-state index contributed by atoms with van der Waals surface area (Å²) in [5.41, 5.74) is -0.000185. The Balaban J connectivity index is 2.28. The van der Waals surface area contributed by atoms with Gasteiger partial charge in [0.1, 0.15) is 5.73 Å². The van der Waals surface area contributed by atoms with E-state index in [9.17, 15) is 4.79 Å². The van der Waals surface area contributed by atoms with Gasteiger partial charge in [0, 0.05) is 6.42 Å². The number of esters is 1. The summed E-state index contributed by atoms with van der Waals surface area (Å²) in [7, 11) is -2.30. The van der Waals surface area contributed by atoms with Crippen molar-refractivity contribution < 1.29 is 9.53 Å². The molecule has 0 amide bonds. The highest BCUT2D eigenvalue weighted by Gasteiger charge is 2.56. The molecular weight excluding hydrogens is 300 g/mol. The van der Waals surface area contributed by atoms with Crippen molar-refractivity contribution in [3.63, 3.8) is 0 Å². The van der Waals surface area contributed by atoms with Crippen molar-refractivity contribution in [2.24, 2.45) is 0 Å². The van der Waals surface area contributed by atoms with E-state index in [1.54, 1.807) is 0 Å². The van der Waals surface area contributed by atoms with Gasteiger partial charge in [-0.1, -0.05) is 81.4 Å². The monoisotopic (exact) mass is 324 g/mol. The molecule has 0 aromatic heterocycles. The SMILES string of the molecule is CC(C)(C)[Si](c1ccccc1)(c1ccccc1)[C@H]1CCC(=O)O1. The first-order valence-corrected chi connectivity index (χ1v) is 10.3. The molecule has 1 atom stereocenters. The standard InChI is InChI=1S/C20H24O2Si/c1-20(2,3)23(16-10-6-4-7-11-16,17-12-8-5-9-13-17)19-15-14-18(21)22-19/h4-13,19H,14-15H2,1-3H3/t19-/m0/s1. The molecule has 0 N–H and O–H groups in total. The average molecular weight is 324 g/mol. The molecule has 1 aliphatic rings. The number of hydrogen-bond donors (Lipinski definition) is 0. The van der Waals surface area contributed by atoms with Crippen molar-refractivity contribution in [3.8, 4) is 0 Å². The quantitative estimate of drug-likeness (QED) is 0.640. The van der Waals surface area contributed by atoms with E-state index in [4.69, 9.17) is 4.74 Å². The lowest BCUT2D eigenvalue weighted by Gasteiger charge is -2.46. The van der Waals surface area contributed by atoms with Crippen molar-refractivity contribution >= 4 is 24.4 Å². The lowest BCUT2D eigenvalue weighted by molar-refractivity contribution is -0.139. The highest BCUT2D eigenvalue weighted by molar-refractivity contribution is 7.05. The second-order valence-electron chi connectivity index (χ2n) is 7.31. The molecule has 3 rings (SSSR count). The van der Waals surface area contributed by atoms with Crippen molar-refractivity contribution in [2.75, 3.05) is 0 Å². The van der Waals surface area contributed by atoms with Gasteiger partial charge in [-0.3, -0.25) is 4.79 Å². The van der Waals surface area contributed by atoms with Crippen molar-refractivity contribution in [3.05, 3.63) is 60.7 Å². The molecular formula is C20H24O2Si. The van der Waals surface area contributed by atoms with Crippen LogP contribution in [0.5, 0.6) is 0 Å². The summed E-state index contributed by atoms with van der Waals surface area (Å²) in [4.78, 5) is 11.9. The number of benzene rings is 2. The molecule has 0 spiro atoms. The van der Waals surface area contributed by atoms with Crippen LogP contribution in [0.25, 0.3) is 0 Å². The van der Waals surface area contributed by atoms with Gasteiger partial charge in [0.05, 0.1) is 0 Å². The molecule has 23 heavy (non-hydrogen) atoms. The molecule has 2 aromatic rings. The van der Waals surface area contributed by atoms with E-state index in [1.807, 2.05) is 0 Å². The Morgan fingerprint density at radius 2 is 1.39 bits per heavy atom. The Morgan fingerprint density at radius 1 is 0.913 bits per heavy atom. The molecule has 0 unspecified atom stereocenters. The molecule has 0 aliphatic carbocycles. The normalized spacial score (nSPS) is 18.7. The highest BCUT2D eigenvalue weighted by atomic mass is 28.3. The first kappa shape index (κ1) is 16.0. The predicted octanol–water partition coefficient (Wildman–Crippen LogP) is 3.29. The third kappa shape index (κ3) is 2.63. The van der Waals surface area contributed by atoms with E-state index in [1.165, 1.54) is 10.4 Å². The van der Waals surface area contributed by atoms with E-state index >= 15 is 0 Å². The minimum Gasteiger partial charge on any atom is -0.465 e. The fourth-order valence-electron chi connectivity index (χ4n) is 4.12. The topological polar surface area (TPSA) is 26.3 Å². The molecule has 120 valence electrons. The molecule has 0 radical (unpaired) electrons. The summed E-state index contributed by atoms with van der Waals surface area (Å²) in [6.45, 7) is 6.89. The Kier molecular flexibility index (Phi) is 4.15. The van der Waals surface area contributed by atoms with Crippen LogP contribution in [-0.2, 0) is 9.53 Å². The van der Waals surface area contributed by atoms with Gasteiger partial charge in [-0.05, 0) is 21.8 Å². The number of carbonyl (C=O) groups is 1.